The van der Waals surface area contributed by atoms with Crippen LogP contribution in [-0.4, -0.2) is 16.3 Å². The zero-order valence-corrected chi connectivity index (χ0v) is 11.1. The molecule has 0 saturated heterocycles. The van der Waals surface area contributed by atoms with E-state index in [0.29, 0.717) is 0 Å². The highest BCUT2D eigenvalue weighted by molar-refractivity contribution is 5.30. The van der Waals surface area contributed by atoms with E-state index in [2.05, 4.69) is 42.6 Å². The van der Waals surface area contributed by atoms with E-state index in [0.717, 1.165) is 24.7 Å². The van der Waals surface area contributed by atoms with Crippen LogP contribution in [0.5, 0.6) is 0 Å². The Balaban J connectivity index is 1.87. The van der Waals surface area contributed by atoms with Gasteiger partial charge < -0.3 is 5.32 Å². The summed E-state index contributed by atoms with van der Waals surface area (Å²) in [7, 11) is 0. The molecule has 96 valence electrons. The second-order valence-electron chi connectivity index (χ2n) is 4.99. The Bertz CT molecular complexity index is 460. The second-order valence-corrected chi connectivity index (χ2v) is 4.99. The molecule has 2 aromatic rings. The zero-order chi connectivity index (χ0) is 12.8. The van der Waals surface area contributed by atoms with Crippen molar-refractivity contribution in [1.29, 1.82) is 0 Å². The van der Waals surface area contributed by atoms with E-state index >= 15 is 0 Å². The van der Waals surface area contributed by atoms with Crippen molar-refractivity contribution in [2.45, 2.75) is 26.8 Å². The minimum Gasteiger partial charge on any atom is -0.313 e. The molecule has 0 aliphatic rings. The van der Waals surface area contributed by atoms with E-state index in [-0.39, 0.29) is 0 Å². The summed E-state index contributed by atoms with van der Waals surface area (Å²) < 4.78 is 1.92. The first-order valence-corrected chi connectivity index (χ1v) is 6.55. The predicted molar refractivity (Wildman–Crippen MR) is 74.7 cm³/mol. The fraction of sp³-hybridized carbons (Fsp3) is 0.400. The summed E-state index contributed by atoms with van der Waals surface area (Å²) in [5, 5.41) is 7.82. The number of rotatable bonds is 6. The lowest BCUT2D eigenvalue weighted by Gasteiger charge is -2.05. The van der Waals surface area contributed by atoms with Crippen LogP contribution in [0.4, 0.5) is 0 Å². The smallest absolute Gasteiger partial charge is 0.0645 e. The molecule has 0 saturated carbocycles. The lowest BCUT2D eigenvalue weighted by molar-refractivity contribution is 0.537. The second kappa shape index (κ2) is 6.36. The first-order valence-electron chi connectivity index (χ1n) is 6.55. The van der Waals surface area contributed by atoms with Crippen LogP contribution >= 0.6 is 0 Å². The minimum atomic E-state index is 0.754. The quantitative estimate of drug-likeness (QED) is 0.790. The average Bonchev–Trinajstić information content (AvgIpc) is 2.84. The molecular weight excluding hydrogens is 222 g/mol. The predicted octanol–water partition coefficient (Wildman–Crippen LogP) is 3.01. The number of nitrogens with one attached hydrogen (secondary N) is 1. The fourth-order valence-corrected chi connectivity index (χ4v) is 1.80. The molecule has 0 fully saturated rings. The molecule has 1 N–H and O–H groups in total. The van der Waals surface area contributed by atoms with E-state index in [9.17, 15) is 0 Å². The minimum absolute atomic E-state index is 0.754. The Hall–Kier alpha value is -1.61. The van der Waals surface area contributed by atoms with Crippen molar-refractivity contribution in [2.24, 2.45) is 5.92 Å². The molecule has 1 heterocycles. The van der Waals surface area contributed by atoms with Crippen molar-refractivity contribution in [2.75, 3.05) is 6.54 Å². The Kier molecular flexibility index (Phi) is 4.53. The molecule has 3 heteroatoms. The van der Waals surface area contributed by atoms with Crippen molar-refractivity contribution in [3.05, 3.63) is 48.3 Å². The van der Waals surface area contributed by atoms with Gasteiger partial charge in [-0.1, -0.05) is 32.0 Å². The molecule has 1 aromatic carbocycles. The SMILES string of the molecule is CC(C)CCNCc1cnn(-c2ccccc2)c1. The van der Waals surface area contributed by atoms with Gasteiger partial charge in [0.25, 0.3) is 0 Å². The lowest BCUT2D eigenvalue weighted by atomic mass is 10.1. The molecule has 0 amide bonds. The Morgan fingerprint density at radius 3 is 2.72 bits per heavy atom. The van der Waals surface area contributed by atoms with Gasteiger partial charge in [0.15, 0.2) is 0 Å². The number of hydrogen-bond donors (Lipinski definition) is 1. The van der Waals surface area contributed by atoms with E-state index in [1.54, 1.807) is 0 Å². The molecule has 0 aliphatic heterocycles. The monoisotopic (exact) mass is 243 g/mol. The number of para-hydroxylation sites is 1. The number of benzene rings is 1. The Labute approximate surface area is 109 Å². The van der Waals surface area contributed by atoms with Crippen LogP contribution in [0.2, 0.25) is 0 Å². The van der Waals surface area contributed by atoms with E-state index in [4.69, 9.17) is 0 Å². The van der Waals surface area contributed by atoms with E-state index in [1.807, 2.05) is 29.1 Å². The molecule has 0 aliphatic carbocycles. The molecule has 0 radical (unpaired) electrons. The van der Waals surface area contributed by atoms with E-state index in [1.165, 1.54) is 12.0 Å². The maximum absolute atomic E-state index is 4.38. The molecule has 0 unspecified atom stereocenters. The zero-order valence-electron chi connectivity index (χ0n) is 11.1. The topological polar surface area (TPSA) is 29.9 Å². The molecule has 0 spiro atoms. The highest BCUT2D eigenvalue weighted by atomic mass is 15.3. The van der Waals surface area contributed by atoms with Crippen molar-refractivity contribution in [3.8, 4) is 5.69 Å². The van der Waals surface area contributed by atoms with E-state index < -0.39 is 0 Å². The van der Waals surface area contributed by atoms with Gasteiger partial charge in [0, 0.05) is 18.3 Å². The first-order chi connectivity index (χ1) is 8.75. The van der Waals surface area contributed by atoms with Gasteiger partial charge in [-0.2, -0.15) is 5.10 Å². The van der Waals surface area contributed by atoms with Crippen LogP contribution in [0, 0.1) is 5.92 Å². The fourth-order valence-electron chi connectivity index (χ4n) is 1.80. The third kappa shape index (κ3) is 3.70. The van der Waals surface area contributed by atoms with Crippen LogP contribution in [0.25, 0.3) is 5.69 Å². The Morgan fingerprint density at radius 1 is 1.22 bits per heavy atom. The van der Waals surface area contributed by atoms with Crippen LogP contribution in [0.1, 0.15) is 25.8 Å². The molecule has 3 nitrogen and oxygen atoms in total. The Morgan fingerprint density at radius 2 is 2.00 bits per heavy atom. The standard InChI is InChI=1S/C15H21N3/c1-13(2)8-9-16-10-14-11-17-18(12-14)15-6-4-3-5-7-15/h3-7,11-13,16H,8-10H2,1-2H3. The summed E-state index contributed by atoms with van der Waals surface area (Å²) in [5.74, 6) is 0.754. The molecule has 18 heavy (non-hydrogen) atoms. The summed E-state index contributed by atoms with van der Waals surface area (Å²) in [6.45, 7) is 6.44. The van der Waals surface area contributed by atoms with Gasteiger partial charge in [0.1, 0.15) is 0 Å². The summed E-state index contributed by atoms with van der Waals surface area (Å²) in [6, 6.07) is 10.2. The van der Waals surface area contributed by atoms with Crippen molar-refractivity contribution in [3.63, 3.8) is 0 Å². The summed E-state index contributed by atoms with van der Waals surface area (Å²) in [5.41, 5.74) is 2.33. The van der Waals surface area contributed by atoms with Crippen molar-refractivity contribution >= 4 is 0 Å². The largest absolute Gasteiger partial charge is 0.313 e. The van der Waals surface area contributed by atoms with Crippen LogP contribution in [0.3, 0.4) is 0 Å². The highest BCUT2D eigenvalue weighted by Gasteiger charge is 2.00. The van der Waals surface area contributed by atoms with Gasteiger partial charge in [-0.3, -0.25) is 0 Å². The molecule has 0 bridgehead atoms. The average molecular weight is 243 g/mol. The summed E-state index contributed by atoms with van der Waals surface area (Å²) in [4.78, 5) is 0. The number of aromatic nitrogens is 2. The van der Waals surface area contributed by atoms with Gasteiger partial charge in [-0.05, 0) is 31.0 Å². The normalized spacial score (nSPS) is 11.1. The maximum Gasteiger partial charge on any atom is 0.0645 e. The van der Waals surface area contributed by atoms with Crippen LogP contribution in [0.15, 0.2) is 42.7 Å². The van der Waals surface area contributed by atoms with Crippen LogP contribution < -0.4 is 5.32 Å². The maximum atomic E-state index is 4.38. The molecule has 1 aromatic heterocycles. The van der Waals surface area contributed by atoms with Crippen molar-refractivity contribution < 1.29 is 0 Å². The lowest BCUT2D eigenvalue weighted by Crippen LogP contribution is -2.15. The van der Waals surface area contributed by atoms with Gasteiger partial charge in [0.2, 0.25) is 0 Å². The molecule has 2 rings (SSSR count). The van der Waals surface area contributed by atoms with Crippen molar-refractivity contribution in [1.82, 2.24) is 15.1 Å². The summed E-state index contributed by atoms with van der Waals surface area (Å²) >= 11 is 0. The van der Waals surface area contributed by atoms with Gasteiger partial charge in [0.05, 0.1) is 11.9 Å². The number of hydrogen-bond acceptors (Lipinski definition) is 2. The first kappa shape index (κ1) is 12.8. The number of nitrogens with zero attached hydrogens (tertiary/aromatic N) is 2. The highest BCUT2D eigenvalue weighted by Crippen LogP contribution is 2.07. The van der Waals surface area contributed by atoms with Gasteiger partial charge in [-0.25, -0.2) is 4.68 Å². The van der Waals surface area contributed by atoms with Gasteiger partial charge in [-0.15, -0.1) is 0 Å². The summed E-state index contributed by atoms with van der Waals surface area (Å²) in [6.07, 6.45) is 5.22. The third-order valence-corrected chi connectivity index (χ3v) is 2.88. The third-order valence-electron chi connectivity index (χ3n) is 2.88. The van der Waals surface area contributed by atoms with Crippen LogP contribution in [-0.2, 0) is 6.54 Å². The van der Waals surface area contributed by atoms with Gasteiger partial charge >= 0.3 is 0 Å². The molecular formula is C15H21N3. The molecule has 0 atom stereocenters.